The fourth-order valence-corrected chi connectivity index (χ4v) is 5.59. The highest BCUT2D eigenvalue weighted by molar-refractivity contribution is 6.33. The van der Waals surface area contributed by atoms with Gasteiger partial charge in [0.2, 0.25) is 5.91 Å². The first-order valence-corrected chi connectivity index (χ1v) is 12.8. The smallest absolute Gasteiger partial charge is 0.304 e. The molecule has 34 heavy (non-hydrogen) atoms. The second-order valence-corrected chi connectivity index (χ2v) is 11.1. The molecule has 1 aromatic carbocycles. The Balaban J connectivity index is 1.56. The van der Waals surface area contributed by atoms with Crippen molar-refractivity contribution in [1.29, 1.82) is 0 Å². The van der Waals surface area contributed by atoms with E-state index in [9.17, 15) is 14.7 Å². The Bertz CT molecular complexity index is 1050. The summed E-state index contributed by atoms with van der Waals surface area (Å²) >= 11 is 6.34. The Morgan fingerprint density at radius 1 is 1.21 bits per heavy atom. The van der Waals surface area contributed by atoms with Crippen LogP contribution in [0.3, 0.4) is 0 Å². The Hall–Kier alpha value is -2.34. The van der Waals surface area contributed by atoms with E-state index >= 15 is 0 Å². The van der Waals surface area contributed by atoms with Crippen LogP contribution in [0.15, 0.2) is 22.7 Å². The summed E-state index contributed by atoms with van der Waals surface area (Å²) in [5.74, 6) is 1.41. The molecule has 6 nitrogen and oxygen atoms in total. The third-order valence-corrected chi connectivity index (χ3v) is 7.57. The molecule has 1 atom stereocenters. The molecule has 2 aliphatic carbocycles. The van der Waals surface area contributed by atoms with Gasteiger partial charge in [0.25, 0.3) is 0 Å². The molecule has 0 spiro atoms. The molecular weight excluding hydrogens is 452 g/mol. The molecule has 1 aromatic heterocycles. The number of halogens is 1. The van der Waals surface area contributed by atoms with Crippen LogP contribution in [0.2, 0.25) is 5.02 Å². The minimum absolute atomic E-state index is 0.0411. The van der Waals surface area contributed by atoms with E-state index in [1.807, 2.05) is 19.1 Å². The quantitative estimate of drug-likeness (QED) is 0.405. The van der Waals surface area contributed by atoms with Crippen LogP contribution in [0.1, 0.15) is 99.1 Å². The summed E-state index contributed by atoms with van der Waals surface area (Å²) in [7, 11) is 1.68. The van der Waals surface area contributed by atoms with Gasteiger partial charge < -0.3 is 14.5 Å². The van der Waals surface area contributed by atoms with Crippen LogP contribution in [0.4, 0.5) is 5.69 Å². The van der Waals surface area contributed by atoms with Crippen LogP contribution >= 0.6 is 11.6 Å². The Labute approximate surface area is 206 Å². The average molecular weight is 487 g/mol. The molecule has 0 saturated heterocycles. The number of aromatic nitrogens is 1. The van der Waals surface area contributed by atoms with Crippen molar-refractivity contribution < 1.29 is 19.2 Å². The van der Waals surface area contributed by atoms with Gasteiger partial charge in [0.05, 0.1) is 22.8 Å². The summed E-state index contributed by atoms with van der Waals surface area (Å²) in [6.45, 7) is 6.45. The molecule has 2 aromatic rings. The van der Waals surface area contributed by atoms with Crippen LogP contribution in [-0.4, -0.2) is 29.2 Å². The average Bonchev–Trinajstić information content (AvgIpc) is 3.49. The van der Waals surface area contributed by atoms with Crippen LogP contribution in [-0.2, 0) is 9.59 Å². The topological polar surface area (TPSA) is 83.6 Å². The largest absolute Gasteiger partial charge is 0.481 e. The lowest BCUT2D eigenvalue weighted by Gasteiger charge is -2.35. The maximum Gasteiger partial charge on any atom is 0.304 e. The first-order valence-electron chi connectivity index (χ1n) is 12.4. The van der Waals surface area contributed by atoms with Crippen molar-refractivity contribution in [2.45, 2.75) is 83.5 Å². The van der Waals surface area contributed by atoms with Gasteiger partial charge in [-0.1, -0.05) is 36.7 Å². The summed E-state index contributed by atoms with van der Waals surface area (Å²) in [5.41, 5.74) is 3.37. The number of hydrogen-bond donors (Lipinski definition) is 1. The second kappa shape index (κ2) is 10.1. The predicted octanol–water partition coefficient (Wildman–Crippen LogP) is 6.66. The molecule has 1 heterocycles. The van der Waals surface area contributed by atoms with Crippen LogP contribution in [0, 0.1) is 18.8 Å². The molecule has 0 radical (unpaired) electrons. The van der Waals surface area contributed by atoms with Gasteiger partial charge in [0.1, 0.15) is 5.76 Å². The molecule has 7 heteroatoms. The molecule has 184 valence electrons. The van der Waals surface area contributed by atoms with Gasteiger partial charge in [-0.25, -0.2) is 0 Å². The van der Waals surface area contributed by atoms with Crippen molar-refractivity contribution in [2.75, 3.05) is 11.9 Å². The number of amides is 1. The third kappa shape index (κ3) is 5.48. The van der Waals surface area contributed by atoms with Gasteiger partial charge in [-0.15, -0.1) is 0 Å². The fraction of sp³-hybridized carbons (Fsp3) is 0.593. The normalized spacial score (nSPS) is 20.8. The van der Waals surface area contributed by atoms with Crippen molar-refractivity contribution in [1.82, 2.24) is 5.16 Å². The third-order valence-electron chi connectivity index (χ3n) is 7.25. The fourth-order valence-electron chi connectivity index (χ4n) is 5.34. The number of hydrogen-bond acceptors (Lipinski definition) is 4. The molecule has 1 amide bonds. The van der Waals surface area contributed by atoms with Crippen molar-refractivity contribution in [3.05, 3.63) is 45.8 Å². The highest BCUT2D eigenvalue weighted by Gasteiger charge is 2.42. The lowest BCUT2D eigenvalue weighted by atomic mass is 9.69. The van der Waals surface area contributed by atoms with Gasteiger partial charge in [-0.3, -0.25) is 9.59 Å². The van der Waals surface area contributed by atoms with E-state index in [1.165, 1.54) is 11.3 Å². The molecule has 4 rings (SSSR count). The number of carboxylic acids is 1. The first kappa shape index (κ1) is 24.8. The number of carbonyl (C=O) groups is 2. The zero-order chi connectivity index (χ0) is 24.6. The molecular formula is C27H35ClN2O4. The number of benzene rings is 1. The second-order valence-electron chi connectivity index (χ2n) is 10.7. The van der Waals surface area contributed by atoms with Gasteiger partial charge in [0, 0.05) is 30.9 Å². The van der Waals surface area contributed by atoms with Crippen molar-refractivity contribution >= 4 is 29.2 Å². The van der Waals surface area contributed by atoms with Crippen molar-refractivity contribution in [3.63, 3.8) is 0 Å². The van der Waals surface area contributed by atoms with Gasteiger partial charge in [0.15, 0.2) is 0 Å². The molecule has 1 N–H and O–H groups in total. The van der Waals surface area contributed by atoms with Crippen LogP contribution < -0.4 is 4.90 Å². The molecule has 2 aliphatic rings. The SMILES string of the molecule is Cc1ccc(Cl)c(N(C)C(=O)CC(CC(=O)O)c2noc(C3CC(CC(C)C)C3)c2C2CC2)c1. The van der Waals surface area contributed by atoms with E-state index in [4.69, 9.17) is 16.1 Å². The van der Waals surface area contributed by atoms with Crippen molar-refractivity contribution in [2.24, 2.45) is 11.8 Å². The molecule has 0 aliphatic heterocycles. The van der Waals surface area contributed by atoms with Gasteiger partial charge >= 0.3 is 5.97 Å². The number of anilines is 1. The summed E-state index contributed by atoms with van der Waals surface area (Å²) in [6.07, 6.45) is 5.44. The summed E-state index contributed by atoms with van der Waals surface area (Å²) < 4.78 is 5.89. The van der Waals surface area contributed by atoms with Crippen molar-refractivity contribution in [3.8, 4) is 0 Å². The van der Waals surface area contributed by atoms with Gasteiger partial charge in [-0.05, 0) is 74.5 Å². The van der Waals surface area contributed by atoms with E-state index in [0.29, 0.717) is 34.2 Å². The molecule has 2 saturated carbocycles. The monoisotopic (exact) mass is 486 g/mol. The van der Waals surface area contributed by atoms with E-state index in [0.717, 1.165) is 48.5 Å². The predicted molar refractivity (Wildman–Crippen MR) is 133 cm³/mol. The zero-order valence-corrected chi connectivity index (χ0v) is 21.3. The number of carbonyl (C=O) groups excluding carboxylic acids is 1. The number of aliphatic carboxylic acids is 1. The number of nitrogens with zero attached hydrogens (tertiary/aromatic N) is 2. The zero-order valence-electron chi connectivity index (χ0n) is 20.5. The maximum atomic E-state index is 13.2. The Kier molecular flexibility index (Phi) is 7.36. The van der Waals surface area contributed by atoms with Crippen LogP contribution in [0.5, 0.6) is 0 Å². The van der Waals surface area contributed by atoms with E-state index in [1.54, 1.807) is 13.1 Å². The lowest BCUT2D eigenvalue weighted by Crippen LogP contribution is -2.29. The first-order chi connectivity index (χ1) is 16.1. The molecule has 2 fully saturated rings. The van der Waals surface area contributed by atoms with E-state index in [-0.39, 0.29) is 18.7 Å². The summed E-state index contributed by atoms with van der Waals surface area (Å²) in [6, 6.07) is 5.52. The molecule has 1 unspecified atom stereocenters. The standard InChI is InChI=1S/C27H35ClN2O4/c1-15(2)9-17-11-20(12-17)27-25(18-6-7-18)26(29-34-27)19(14-24(32)33)13-23(31)30(4)22-10-16(3)5-8-21(22)28/h5,8,10,15,17-20H,6-7,9,11-14H2,1-4H3,(H,32,33). The Morgan fingerprint density at radius 2 is 1.91 bits per heavy atom. The van der Waals surface area contributed by atoms with E-state index < -0.39 is 11.9 Å². The number of rotatable bonds is 10. The van der Waals surface area contributed by atoms with E-state index in [2.05, 4.69) is 19.0 Å². The minimum Gasteiger partial charge on any atom is -0.481 e. The minimum atomic E-state index is -0.944. The maximum absolute atomic E-state index is 13.2. The summed E-state index contributed by atoms with van der Waals surface area (Å²) in [5, 5.41) is 14.5. The number of carboxylic acid groups (broad SMARTS) is 1. The van der Waals surface area contributed by atoms with Gasteiger partial charge in [-0.2, -0.15) is 0 Å². The highest BCUT2D eigenvalue weighted by atomic mass is 35.5. The highest BCUT2D eigenvalue weighted by Crippen LogP contribution is 2.52. The molecule has 0 bridgehead atoms. The summed E-state index contributed by atoms with van der Waals surface area (Å²) in [4.78, 5) is 26.5. The number of aryl methyl sites for hydroxylation is 1. The Morgan fingerprint density at radius 3 is 2.53 bits per heavy atom. The lowest BCUT2D eigenvalue weighted by molar-refractivity contribution is -0.137. The van der Waals surface area contributed by atoms with Crippen LogP contribution in [0.25, 0.3) is 0 Å².